The molecule has 0 bridgehead atoms. The Morgan fingerprint density at radius 2 is 2.55 bits per heavy atom. The molecular formula is C7H8N2O2. The SMILES string of the molecule is CC(=O)NOc1cccnc1. The van der Waals surface area contributed by atoms with Gasteiger partial charge in [-0.25, -0.2) is 0 Å². The summed E-state index contributed by atoms with van der Waals surface area (Å²) in [4.78, 5) is 19.0. The molecule has 4 nitrogen and oxygen atoms in total. The lowest BCUT2D eigenvalue weighted by atomic mass is 10.5. The fourth-order valence-corrected chi connectivity index (χ4v) is 0.538. The predicted molar refractivity (Wildman–Crippen MR) is 38.7 cm³/mol. The lowest BCUT2D eigenvalue weighted by molar-refractivity contribution is -0.125. The topological polar surface area (TPSA) is 51.2 Å². The number of amides is 1. The van der Waals surface area contributed by atoms with Gasteiger partial charge >= 0.3 is 0 Å². The predicted octanol–water partition coefficient (Wildman–Crippen LogP) is 0.512. The van der Waals surface area contributed by atoms with Crippen molar-refractivity contribution in [2.45, 2.75) is 6.92 Å². The van der Waals surface area contributed by atoms with Crippen LogP contribution in [0.2, 0.25) is 0 Å². The van der Waals surface area contributed by atoms with Crippen molar-refractivity contribution in [2.75, 3.05) is 0 Å². The number of aromatic nitrogens is 1. The molecule has 1 rings (SSSR count). The van der Waals surface area contributed by atoms with Gasteiger partial charge in [0.2, 0.25) is 5.91 Å². The molecule has 1 N–H and O–H groups in total. The summed E-state index contributed by atoms with van der Waals surface area (Å²) in [6.07, 6.45) is 3.14. The van der Waals surface area contributed by atoms with Gasteiger partial charge in [0.15, 0.2) is 5.75 Å². The summed E-state index contributed by atoms with van der Waals surface area (Å²) in [5, 5.41) is 0. The average Bonchev–Trinajstić information content (AvgIpc) is 2.03. The van der Waals surface area contributed by atoms with Crippen LogP contribution < -0.4 is 10.3 Å². The minimum Gasteiger partial charge on any atom is -0.378 e. The fourth-order valence-electron chi connectivity index (χ4n) is 0.538. The third-order valence-corrected chi connectivity index (χ3v) is 0.947. The summed E-state index contributed by atoms with van der Waals surface area (Å²) < 4.78 is 0. The monoisotopic (exact) mass is 152 g/mol. The van der Waals surface area contributed by atoms with E-state index < -0.39 is 0 Å². The summed E-state index contributed by atoms with van der Waals surface area (Å²) in [6.45, 7) is 1.37. The molecule has 0 saturated heterocycles. The van der Waals surface area contributed by atoms with E-state index in [1.54, 1.807) is 18.3 Å². The Bertz CT molecular complexity index is 235. The number of hydrogen-bond donors (Lipinski definition) is 1. The smallest absolute Gasteiger partial charge is 0.249 e. The third kappa shape index (κ3) is 2.66. The van der Waals surface area contributed by atoms with Crippen LogP contribution in [0.4, 0.5) is 0 Å². The van der Waals surface area contributed by atoms with Gasteiger partial charge in [-0.05, 0) is 12.1 Å². The summed E-state index contributed by atoms with van der Waals surface area (Å²) in [5.74, 6) is 0.275. The van der Waals surface area contributed by atoms with Crippen molar-refractivity contribution in [3.63, 3.8) is 0 Å². The molecule has 0 aliphatic carbocycles. The van der Waals surface area contributed by atoms with Gasteiger partial charge < -0.3 is 4.84 Å². The Balaban J connectivity index is 2.45. The zero-order valence-corrected chi connectivity index (χ0v) is 6.07. The van der Waals surface area contributed by atoms with Crippen molar-refractivity contribution in [1.82, 2.24) is 10.5 Å². The van der Waals surface area contributed by atoms with E-state index in [2.05, 4.69) is 10.5 Å². The van der Waals surface area contributed by atoms with Gasteiger partial charge in [-0.1, -0.05) is 0 Å². The van der Waals surface area contributed by atoms with Crippen LogP contribution in [0.25, 0.3) is 0 Å². The maximum absolute atomic E-state index is 10.4. The van der Waals surface area contributed by atoms with Gasteiger partial charge in [-0.15, -0.1) is 0 Å². The Kier molecular flexibility index (Phi) is 2.43. The van der Waals surface area contributed by atoms with Crippen LogP contribution in [0.5, 0.6) is 5.75 Å². The first-order chi connectivity index (χ1) is 5.29. The molecule has 0 aromatic carbocycles. The number of rotatable bonds is 2. The van der Waals surface area contributed by atoms with Crippen molar-refractivity contribution in [3.8, 4) is 5.75 Å². The van der Waals surface area contributed by atoms with Gasteiger partial charge in [-0.2, -0.15) is 5.48 Å². The van der Waals surface area contributed by atoms with Crippen molar-refractivity contribution in [1.29, 1.82) is 0 Å². The number of nitrogens with zero attached hydrogens (tertiary/aromatic N) is 1. The summed E-state index contributed by atoms with van der Waals surface area (Å²) in [6, 6.07) is 3.42. The minimum atomic E-state index is -0.242. The first kappa shape index (κ1) is 7.53. The van der Waals surface area contributed by atoms with Crippen LogP contribution in [0.3, 0.4) is 0 Å². The highest BCUT2D eigenvalue weighted by atomic mass is 16.7. The second kappa shape index (κ2) is 3.55. The number of carbonyl (C=O) groups excluding carboxylic acids is 1. The van der Waals surface area contributed by atoms with Crippen molar-refractivity contribution < 1.29 is 9.63 Å². The summed E-state index contributed by atoms with van der Waals surface area (Å²) in [7, 11) is 0. The second-order valence-electron chi connectivity index (χ2n) is 1.95. The Hall–Kier alpha value is -1.58. The largest absolute Gasteiger partial charge is 0.378 e. The Morgan fingerprint density at radius 1 is 1.73 bits per heavy atom. The van der Waals surface area contributed by atoms with Crippen molar-refractivity contribution in [3.05, 3.63) is 24.5 Å². The minimum absolute atomic E-state index is 0.242. The normalized spacial score (nSPS) is 8.82. The van der Waals surface area contributed by atoms with E-state index in [1.165, 1.54) is 13.1 Å². The molecule has 0 radical (unpaired) electrons. The molecule has 0 fully saturated rings. The molecule has 11 heavy (non-hydrogen) atoms. The van der Waals surface area contributed by atoms with Gasteiger partial charge in [0.05, 0.1) is 6.20 Å². The van der Waals surface area contributed by atoms with E-state index in [9.17, 15) is 4.79 Å². The van der Waals surface area contributed by atoms with Crippen LogP contribution in [-0.4, -0.2) is 10.9 Å². The molecule has 0 saturated carbocycles. The molecule has 1 aromatic heterocycles. The molecular weight excluding hydrogens is 144 g/mol. The van der Waals surface area contributed by atoms with Crippen LogP contribution in [0.15, 0.2) is 24.5 Å². The van der Waals surface area contributed by atoms with Crippen LogP contribution in [-0.2, 0) is 4.79 Å². The average molecular weight is 152 g/mol. The summed E-state index contributed by atoms with van der Waals surface area (Å²) >= 11 is 0. The molecule has 0 aliphatic heterocycles. The van der Waals surface area contributed by atoms with E-state index in [0.717, 1.165) is 0 Å². The van der Waals surface area contributed by atoms with E-state index in [1.807, 2.05) is 0 Å². The summed E-state index contributed by atoms with van der Waals surface area (Å²) in [5.41, 5.74) is 2.18. The van der Waals surface area contributed by atoms with E-state index in [-0.39, 0.29) is 5.91 Å². The second-order valence-corrected chi connectivity index (χ2v) is 1.95. The first-order valence-corrected chi connectivity index (χ1v) is 3.12. The molecule has 0 unspecified atom stereocenters. The zero-order chi connectivity index (χ0) is 8.10. The van der Waals surface area contributed by atoms with Gasteiger partial charge in [0, 0.05) is 13.1 Å². The molecule has 1 heterocycles. The lowest BCUT2D eigenvalue weighted by Crippen LogP contribution is -2.23. The molecule has 0 atom stereocenters. The Morgan fingerprint density at radius 3 is 3.09 bits per heavy atom. The molecule has 58 valence electrons. The van der Waals surface area contributed by atoms with Gasteiger partial charge in [0.25, 0.3) is 0 Å². The van der Waals surface area contributed by atoms with Crippen LogP contribution >= 0.6 is 0 Å². The third-order valence-electron chi connectivity index (χ3n) is 0.947. The number of nitrogens with one attached hydrogen (secondary N) is 1. The van der Waals surface area contributed by atoms with E-state index in [0.29, 0.717) is 5.75 Å². The molecule has 1 amide bonds. The van der Waals surface area contributed by atoms with Crippen molar-refractivity contribution in [2.24, 2.45) is 0 Å². The lowest BCUT2D eigenvalue weighted by Gasteiger charge is -2.01. The maximum Gasteiger partial charge on any atom is 0.249 e. The molecule has 0 aliphatic rings. The highest BCUT2D eigenvalue weighted by molar-refractivity contribution is 5.71. The quantitative estimate of drug-likeness (QED) is 0.628. The Labute approximate surface area is 64.2 Å². The van der Waals surface area contributed by atoms with Gasteiger partial charge in [-0.3, -0.25) is 9.78 Å². The molecule has 0 spiro atoms. The molecule has 1 aromatic rings. The maximum atomic E-state index is 10.4. The fraction of sp³-hybridized carbons (Fsp3) is 0.143. The zero-order valence-electron chi connectivity index (χ0n) is 6.07. The van der Waals surface area contributed by atoms with Crippen LogP contribution in [0, 0.1) is 0 Å². The van der Waals surface area contributed by atoms with Gasteiger partial charge in [0.1, 0.15) is 0 Å². The highest BCUT2D eigenvalue weighted by Gasteiger charge is 1.92. The van der Waals surface area contributed by atoms with Crippen LogP contribution in [0.1, 0.15) is 6.92 Å². The standard InChI is InChI=1S/C7H8N2O2/c1-6(10)9-11-7-3-2-4-8-5-7/h2-5H,1H3,(H,9,10). The molecule has 4 heteroatoms. The number of carbonyl (C=O) groups is 1. The first-order valence-electron chi connectivity index (χ1n) is 3.12. The van der Waals surface area contributed by atoms with Crippen molar-refractivity contribution >= 4 is 5.91 Å². The van der Waals surface area contributed by atoms with E-state index in [4.69, 9.17) is 4.84 Å². The highest BCUT2D eigenvalue weighted by Crippen LogP contribution is 2.03. The van der Waals surface area contributed by atoms with E-state index >= 15 is 0 Å². The number of hydrogen-bond acceptors (Lipinski definition) is 3. The number of pyridine rings is 1. The number of hydroxylamine groups is 1.